The first-order valence-corrected chi connectivity index (χ1v) is 10.7. The lowest BCUT2D eigenvalue weighted by molar-refractivity contribution is 0.0982. The Morgan fingerprint density at radius 2 is 1.89 bits per heavy atom. The lowest BCUT2D eigenvalue weighted by atomic mass is 9.81. The van der Waals surface area contributed by atoms with Gasteiger partial charge in [-0.1, -0.05) is 66.8 Å². The molecule has 0 N–H and O–H groups in total. The molecule has 2 aromatic rings. The first-order chi connectivity index (χ1) is 13.8. The highest BCUT2D eigenvalue weighted by atomic mass is 16.1. The molecule has 0 radical (unpaired) electrons. The highest BCUT2D eigenvalue weighted by Crippen LogP contribution is 2.43. The van der Waals surface area contributed by atoms with E-state index in [0.29, 0.717) is 12.3 Å². The molecule has 0 saturated carbocycles. The molecule has 0 amide bonds. The van der Waals surface area contributed by atoms with Gasteiger partial charge in [0.2, 0.25) is 0 Å². The fraction of sp³-hybridized carbons (Fsp3) is 0.370. The van der Waals surface area contributed by atoms with E-state index in [1.807, 2.05) is 31.2 Å². The van der Waals surface area contributed by atoms with Gasteiger partial charge in [0.25, 0.3) is 0 Å². The summed E-state index contributed by atoms with van der Waals surface area (Å²) in [5, 5.41) is 0. The third-order valence-electron chi connectivity index (χ3n) is 6.09. The summed E-state index contributed by atoms with van der Waals surface area (Å²) in [5.41, 5.74) is 6.26. The minimum atomic E-state index is 0.219. The summed E-state index contributed by atoms with van der Waals surface area (Å²) in [7, 11) is 0. The van der Waals surface area contributed by atoms with Crippen LogP contribution in [0.5, 0.6) is 0 Å². The summed E-state index contributed by atoms with van der Waals surface area (Å²) in [6, 6.07) is 16.6. The van der Waals surface area contributed by atoms with Crippen LogP contribution in [-0.4, -0.2) is 5.78 Å². The van der Waals surface area contributed by atoms with Crippen LogP contribution in [0.2, 0.25) is 0 Å². The second kappa shape index (κ2) is 8.61. The fourth-order valence-electron chi connectivity index (χ4n) is 4.59. The van der Waals surface area contributed by atoms with Gasteiger partial charge in [-0.25, -0.2) is 0 Å². The largest absolute Gasteiger partial charge is 0.294 e. The number of carbonyl (C=O) groups is 1. The predicted octanol–water partition coefficient (Wildman–Crippen LogP) is 6.48. The number of rotatable bonds is 4. The van der Waals surface area contributed by atoms with Crippen molar-refractivity contribution in [2.24, 2.45) is 5.92 Å². The lowest BCUT2D eigenvalue weighted by Crippen LogP contribution is -2.11. The standard InChI is InChI=1S/C27H28O/c1-2-8-27(28)22-16-13-20(14-17-22)15-18-25-24-12-7-6-11-23(24)19-26(25)21-9-4-3-5-10-21/h6-7,9,11-14,16-17,25-26H,2-5,8,10,19H2,1H3/t25-,26+/m0/s1. The molecule has 4 rings (SSSR count). The Balaban J connectivity index is 1.60. The van der Waals surface area contributed by atoms with Crippen LogP contribution < -0.4 is 0 Å². The molecule has 2 atom stereocenters. The molecule has 0 aromatic heterocycles. The van der Waals surface area contributed by atoms with Crippen LogP contribution in [0.25, 0.3) is 0 Å². The molecule has 2 aromatic carbocycles. The topological polar surface area (TPSA) is 17.1 Å². The Labute approximate surface area is 168 Å². The zero-order valence-corrected chi connectivity index (χ0v) is 16.7. The molecular weight excluding hydrogens is 340 g/mol. The van der Waals surface area contributed by atoms with Gasteiger partial charge in [0.1, 0.15) is 0 Å². The van der Waals surface area contributed by atoms with Crippen LogP contribution in [0, 0.1) is 17.8 Å². The van der Waals surface area contributed by atoms with Crippen molar-refractivity contribution in [2.75, 3.05) is 0 Å². The Morgan fingerprint density at radius 1 is 1.07 bits per heavy atom. The normalized spacial score (nSPS) is 20.7. The summed E-state index contributed by atoms with van der Waals surface area (Å²) in [5.74, 6) is 8.03. The van der Waals surface area contributed by atoms with Gasteiger partial charge in [-0.15, -0.1) is 0 Å². The second-order valence-electron chi connectivity index (χ2n) is 8.03. The quantitative estimate of drug-likeness (QED) is 0.343. The van der Waals surface area contributed by atoms with Crippen LogP contribution in [-0.2, 0) is 6.42 Å². The van der Waals surface area contributed by atoms with Gasteiger partial charge >= 0.3 is 0 Å². The number of Topliss-reactive ketones (excluding diaryl/α,β-unsaturated/α-hetero) is 1. The van der Waals surface area contributed by atoms with Gasteiger partial charge in [0.05, 0.1) is 5.92 Å². The zero-order valence-electron chi connectivity index (χ0n) is 16.7. The first kappa shape index (κ1) is 18.8. The summed E-state index contributed by atoms with van der Waals surface area (Å²) in [4.78, 5) is 12.0. The molecule has 2 aliphatic rings. The minimum absolute atomic E-state index is 0.219. The average Bonchev–Trinajstić information content (AvgIpc) is 3.12. The number of carbonyl (C=O) groups excluding carboxylic acids is 1. The minimum Gasteiger partial charge on any atom is -0.294 e. The average molecular weight is 369 g/mol. The van der Waals surface area contributed by atoms with Crippen molar-refractivity contribution in [3.63, 3.8) is 0 Å². The van der Waals surface area contributed by atoms with Crippen molar-refractivity contribution in [1.29, 1.82) is 0 Å². The van der Waals surface area contributed by atoms with Crippen molar-refractivity contribution < 1.29 is 4.79 Å². The lowest BCUT2D eigenvalue weighted by Gasteiger charge is -2.22. The molecule has 0 aliphatic heterocycles. The van der Waals surface area contributed by atoms with Crippen molar-refractivity contribution in [1.82, 2.24) is 0 Å². The summed E-state index contributed by atoms with van der Waals surface area (Å²) >= 11 is 0. The van der Waals surface area contributed by atoms with Crippen LogP contribution in [0.4, 0.5) is 0 Å². The van der Waals surface area contributed by atoms with E-state index in [9.17, 15) is 4.79 Å². The highest BCUT2D eigenvalue weighted by molar-refractivity contribution is 5.96. The van der Waals surface area contributed by atoms with Gasteiger partial charge in [0.15, 0.2) is 5.78 Å². The maximum atomic E-state index is 12.0. The molecule has 142 valence electrons. The third kappa shape index (κ3) is 3.97. The smallest absolute Gasteiger partial charge is 0.162 e. The van der Waals surface area contributed by atoms with E-state index >= 15 is 0 Å². The monoisotopic (exact) mass is 368 g/mol. The molecule has 0 fully saturated rings. The number of fused-ring (bicyclic) bond motifs is 1. The number of ketones is 1. The number of benzene rings is 2. The van der Waals surface area contributed by atoms with Crippen molar-refractivity contribution in [3.8, 4) is 11.8 Å². The van der Waals surface area contributed by atoms with Crippen LogP contribution in [0.1, 0.15) is 78.4 Å². The zero-order chi connectivity index (χ0) is 19.3. The van der Waals surface area contributed by atoms with Gasteiger partial charge in [0, 0.05) is 23.5 Å². The van der Waals surface area contributed by atoms with Crippen LogP contribution in [0.3, 0.4) is 0 Å². The van der Waals surface area contributed by atoms with Crippen LogP contribution >= 0.6 is 0 Å². The Bertz CT molecular complexity index is 936. The SMILES string of the molecule is CCCC(=O)c1ccc(C#C[C@H]2c3ccccc3C[C@@H]2C2=CCCCC2)cc1. The number of hydrogen-bond acceptors (Lipinski definition) is 1. The van der Waals surface area contributed by atoms with Crippen LogP contribution in [0.15, 0.2) is 60.2 Å². The fourth-order valence-corrected chi connectivity index (χ4v) is 4.59. The van der Waals surface area contributed by atoms with E-state index in [1.54, 1.807) is 5.57 Å². The van der Waals surface area contributed by atoms with Crippen molar-refractivity contribution in [2.45, 2.75) is 57.8 Å². The molecular formula is C27H28O. The third-order valence-corrected chi connectivity index (χ3v) is 6.09. The van der Waals surface area contributed by atoms with E-state index < -0.39 is 0 Å². The van der Waals surface area contributed by atoms with Gasteiger partial charge in [-0.3, -0.25) is 4.79 Å². The number of allylic oxidation sites excluding steroid dienone is 2. The molecule has 0 spiro atoms. The Hall–Kier alpha value is -2.59. The van der Waals surface area contributed by atoms with E-state index in [-0.39, 0.29) is 11.7 Å². The molecule has 2 aliphatic carbocycles. The summed E-state index contributed by atoms with van der Waals surface area (Å²) in [6.07, 6.45) is 10.2. The van der Waals surface area contributed by atoms with Gasteiger partial charge in [-0.2, -0.15) is 0 Å². The first-order valence-electron chi connectivity index (χ1n) is 10.7. The second-order valence-corrected chi connectivity index (χ2v) is 8.03. The molecule has 28 heavy (non-hydrogen) atoms. The molecule has 0 bridgehead atoms. The highest BCUT2D eigenvalue weighted by Gasteiger charge is 2.33. The Kier molecular flexibility index (Phi) is 5.77. The summed E-state index contributed by atoms with van der Waals surface area (Å²) in [6.45, 7) is 2.04. The maximum absolute atomic E-state index is 12.0. The van der Waals surface area contributed by atoms with Gasteiger partial charge in [-0.05, 0) is 61.8 Å². The van der Waals surface area contributed by atoms with E-state index in [4.69, 9.17) is 0 Å². The maximum Gasteiger partial charge on any atom is 0.162 e. The molecule has 0 unspecified atom stereocenters. The number of hydrogen-bond donors (Lipinski definition) is 0. The Morgan fingerprint density at radius 3 is 2.64 bits per heavy atom. The molecule has 1 heteroatoms. The van der Waals surface area contributed by atoms with Crippen molar-refractivity contribution in [3.05, 3.63) is 82.4 Å². The van der Waals surface area contributed by atoms with E-state index in [1.165, 1.54) is 36.8 Å². The van der Waals surface area contributed by atoms with E-state index in [0.717, 1.165) is 24.0 Å². The predicted molar refractivity (Wildman–Crippen MR) is 115 cm³/mol. The van der Waals surface area contributed by atoms with Crippen molar-refractivity contribution >= 4 is 5.78 Å². The van der Waals surface area contributed by atoms with Gasteiger partial charge < -0.3 is 0 Å². The molecule has 0 saturated heterocycles. The molecule has 0 heterocycles. The van der Waals surface area contributed by atoms with E-state index in [2.05, 4.69) is 42.2 Å². The molecule has 1 nitrogen and oxygen atoms in total. The summed E-state index contributed by atoms with van der Waals surface area (Å²) < 4.78 is 0.